The van der Waals surface area contributed by atoms with Crippen LogP contribution in [0.2, 0.25) is 0 Å². The number of esters is 2. The predicted octanol–water partition coefficient (Wildman–Crippen LogP) is 0.398. The zero-order chi connectivity index (χ0) is 9.27. The molecule has 2 spiro atoms. The molecule has 2 heterocycles. The summed E-state index contributed by atoms with van der Waals surface area (Å²) in [7, 11) is 0. The largest absolute Gasteiger partial charge is 0.390 e. The molecule has 70 valence electrons. The second-order valence-electron chi connectivity index (χ2n) is 4.22. The van der Waals surface area contributed by atoms with Crippen LogP contribution in [0.4, 0.5) is 0 Å². The minimum Gasteiger partial charge on any atom is -0.390 e. The van der Waals surface area contributed by atoms with Crippen LogP contribution < -0.4 is 0 Å². The molecule has 0 aromatic carbocycles. The van der Waals surface area contributed by atoms with E-state index in [0.29, 0.717) is 6.42 Å². The van der Waals surface area contributed by atoms with E-state index in [9.17, 15) is 9.59 Å². The molecule has 4 nitrogen and oxygen atoms in total. The van der Waals surface area contributed by atoms with E-state index < -0.39 is 17.0 Å². The van der Waals surface area contributed by atoms with Crippen LogP contribution >= 0.6 is 0 Å². The zero-order valence-electron chi connectivity index (χ0n) is 7.33. The van der Waals surface area contributed by atoms with E-state index in [0.717, 1.165) is 12.8 Å². The molecular formula is C9H10O4. The summed E-state index contributed by atoms with van der Waals surface area (Å²) < 4.78 is 10.1. The van der Waals surface area contributed by atoms with Gasteiger partial charge in [-0.3, -0.25) is 4.79 Å². The Morgan fingerprint density at radius 1 is 1.31 bits per heavy atom. The SMILES string of the molecule is CC1CC2(O1)C(=O)OC(=O)C21CC1. The maximum atomic E-state index is 11.4. The third kappa shape index (κ3) is 0.601. The molecule has 2 saturated heterocycles. The number of rotatable bonds is 0. The first-order valence-corrected chi connectivity index (χ1v) is 4.55. The lowest BCUT2D eigenvalue weighted by Gasteiger charge is -2.43. The number of fused-ring (bicyclic) bond motifs is 1. The molecule has 0 N–H and O–H groups in total. The van der Waals surface area contributed by atoms with Gasteiger partial charge in [0.25, 0.3) is 0 Å². The normalized spacial score (nSPS) is 45.2. The number of cyclic esters (lactones) is 2. The lowest BCUT2D eigenvalue weighted by atomic mass is 9.77. The summed E-state index contributed by atoms with van der Waals surface area (Å²) >= 11 is 0. The average molecular weight is 182 g/mol. The molecular weight excluding hydrogens is 172 g/mol. The highest BCUT2D eigenvalue weighted by Gasteiger charge is 2.79. The molecule has 0 amide bonds. The van der Waals surface area contributed by atoms with Crippen LogP contribution in [0.1, 0.15) is 26.2 Å². The van der Waals surface area contributed by atoms with Crippen molar-refractivity contribution in [3.63, 3.8) is 0 Å². The van der Waals surface area contributed by atoms with Gasteiger partial charge in [0.15, 0.2) is 5.60 Å². The Labute approximate surface area is 75.2 Å². The lowest BCUT2D eigenvalue weighted by molar-refractivity contribution is -0.221. The first kappa shape index (κ1) is 7.50. The number of ether oxygens (including phenoxy) is 2. The lowest BCUT2D eigenvalue weighted by Crippen LogP contribution is -2.58. The maximum Gasteiger partial charge on any atom is 0.347 e. The molecule has 13 heavy (non-hydrogen) atoms. The van der Waals surface area contributed by atoms with Crippen molar-refractivity contribution >= 4 is 11.9 Å². The molecule has 3 fully saturated rings. The van der Waals surface area contributed by atoms with Gasteiger partial charge in [0.2, 0.25) is 0 Å². The Hall–Kier alpha value is -0.900. The Morgan fingerprint density at radius 3 is 2.38 bits per heavy atom. The van der Waals surface area contributed by atoms with E-state index in [4.69, 9.17) is 4.74 Å². The summed E-state index contributed by atoms with van der Waals surface area (Å²) in [5.74, 6) is -0.836. The molecule has 3 rings (SSSR count). The Morgan fingerprint density at radius 2 is 1.92 bits per heavy atom. The highest BCUT2D eigenvalue weighted by Crippen LogP contribution is 2.65. The van der Waals surface area contributed by atoms with Crippen molar-refractivity contribution in [2.24, 2.45) is 5.41 Å². The maximum absolute atomic E-state index is 11.4. The fourth-order valence-corrected chi connectivity index (χ4v) is 2.54. The second-order valence-corrected chi connectivity index (χ2v) is 4.22. The minimum atomic E-state index is -0.885. The molecule has 2 atom stereocenters. The summed E-state index contributed by atoms with van der Waals surface area (Å²) in [5, 5.41) is 0. The van der Waals surface area contributed by atoms with Gasteiger partial charge in [0.1, 0.15) is 5.41 Å². The zero-order valence-corrected chi connectivity index (χ0v) is 7.33. The van der Waals surface area contributed by atoms with Gasteiger partial charge < -0.3 is 9.47 Å². The molecule has 0 aromatic rings. The molecule has 0 bridgehead atoms. The van der Waals surface area contributed by atoms with Gasteiger partial charge in [-0.15, -0.1) is 0 Å². The molecule has 2 unspecified atom stereocenters. The molecule has 0 aromatic heterocycles. The summed E-state index contributed by atoms with van der Waals surface area (Å²) in [6, 6.07) is 0. The number of carbonyl (C=O) groups is 2. The van der Waals surface area contributed by atoms with Crippen molar-refractivity contribution < 1.29 is 19.1 Å². The van der Waals surface area contributed by atoms with Crippen LogP contribution in [-0.4, -0.2) is 23.6 Å². The monoisotopic (exact) mass is 182 g/mol. The van der Waals surface area contributed by atoms with Gasteiger partial charge in [-0.05, 0) is 19.8 Å². The smallest absolute Gasteiger partial charge is 0.347 e. The van der Waals surface area contributed by atoms with Crippen molar-refractivity contribution in [1.29, 1.82) is 0 Å². The molecule has 1 aliphatic carbocycles. The van der Waals surface area contributed by atoms with Crippen molar-refractivity contribution in [2.75, 3.05) is 0 Å². The minimum absolute atomic E-state index is 0.0796. The average Bonchev–Trinajstić information content (AvgIpc) is 2.74. The van der Waals surface area contributed by atoms with Crippen LogP contribution in [0.3, 0.4) is 0 Å². The van der Waals surface area contributed by atoms with Crippen molar-refractivity contribution in [3.05, 3.63) is 0 Å². The van der Waals surface area contributed by atoms with Crippen LogP contribution in [0.5, 0.6) is 0 Å². The molecule has 0 radical (unpaired) electrons. The van der Waals surface area contributed by atoms with Gasteiger partial charge in [0.05, 0.1) is 6.10 Å². The Balaban J connectivity index is 2.02. The van der Waals surface area contributed by atoms with E-state index in [1.807, 2.05) is 6.92 Å². The van der Waals surface area contributed by atoms with E-state index in [2.05, 4.69) is 4.74 Å². The highest BCUT2D eigenvalue weighted by molar-refractivity contribution is 6.06. The van der Waals surface area contributed by atoms with E-state index in [1.54, 1.807) is 0 Å². The van der Waals surface area contributed by atoms with Crippen LogP contribution in [-0.2, 0) is 19.1 Å². The molecule has 4 heteroatoms. The first-order valence-electron chi connectivity index (χ1n) is 4.55. The van der Waals surface area contributed by atoms with Gasteiger partial charge in [-0.25, -0.2) is 4.79 Å². The number of carbonyl (C=O) groups excluding carboxylic acids is 2. The third-order valence-corrected chi connectivity index (χ3v) is 3.41. The summed E-state index contributed by atoms with van der Waals surface area (Å²) in [6.45, 7) is 1.90. The van der Waals surface area contributed by atoms with Crippen LogP contribution in [0.25, 0.3) is 0 Å². The molecule has 2 aliphatic heterocycles. The van der Waals surface area contributed by atoms with Gasteiger partial charge in [-0.1, -0.05) is 0 Å². The standard InChI is InChI=1S/C9H10O4/c1-5-4-9(13-5)7(11)12-6(10)8(9)2-3-8/h5H,2-4H2,1H3. The van der Waals surface area contributed by atoms with Crippen LogP contribution in [0, 0.1) is 5.41 Å². The first-order chi connectivity index (χ1) is 6.11. The molecule has 3 aliphatic rings. The van der Waals surface area contributed by atoms with Gasteiger partial charge in [-0.2, -0.15) is 0 Å². The third-order valence-electron chi connectivity index (χ3n) is 3.41. The van der Waals surface area contributed by atoms with E-state index in [1.165, 1.54) is 0 Å². The Bertz CT molecular complexity index is 310. The number of hydrogen-bond donors (Lipinski definition) is 0. The quantitative estimate of drug-likeness (QED) is 0.402. The summed E-state index contributed by atoms with van der Waals surface area (Å²) in [6.07, 6.45) is 2.20. The van der Waals surface area contributed by atoms with Gasteiger partial charge >= 0.3 is 11.9 Å². The fourth-order valence-electron chi connectivity index (χ4n) is 2.54. The number of hydrogen-bond acceptors (Lipinski definition) is 4. The highest BCUT2D eigenvalue weighted by atomic mass is 16.6. The fraction of sp³-hybridized carbons (Fsp3) is 0.778. The van der Waals surface area contributed by atoms with E-state index in [-0.39, 0.29) is 12.1 Å². The molecule has 1 saturated carbocycles. The topological polar surface area (TPSA) is 52.6 Å². The van der Waals surface area contributed by atoms with Crippen molar-refractivity contribution in [1.82, 2.24) is 0 Å². The van der Waals surface area contributed by atoms with Crippen LogP contribution in [0.15, 0.2) is 0 Å². The predicted molar refractivity (Wildman–Crippen MR) is 40.7 cm³/mol. The summed E-state index contributed by atoms with van der Waals surface area (Å²) in [4.78, 5) is 22.8. The summed E-state index contributed by atoms with van der Waals surface area (Å²) in [5.41, 5.74) is -1.47. The van der Waals surface area contributed by atoms with Gasteiger partial charge in [0, 0.05) is 6.42 Å². The van der Waals surface area contributed by atoms with Crippen molar-refractivity contribution in [3.8, 4) is 0 Å². The van der Waals surface area contributed by atoms with Crippen molar-refractivity contribution in [2.45, 2.75) is 37.9 Å². The Kier molecular flexibility index (Phi) is 1.04. The second kappa shape index (κ2) is 1.80. The van der Waals surface area contributed by atoms with E-state index >= 15 is 0 Å².